The molecular formula is C16H17N3O2. The summed E-state index contributed by atoms with van der Waals surface area (Å²) in [4.78, 5) is 0. The summed E-state index contributed by atoms with van der Waals surface area (Å²) < 4.78 is 11.2. The molecular weight excluding hydrogens is 266 g/mol. The Labute approximate surface area is 123 Å². The topological polar surface area (TPSA) is 82.5 Å². The molecule has 21 heavy (non-hydrogen) atoms. The molecule has 0 radical (unpaired) electrons. The first-order chi connectivity index (χ1) is 10.2. The van der Waals surface area contributed by atoms with Crippen molar-refractivity contribution in [2.45, 2.75) is 0 Å². The van der Waals surface area contributed by atoms with Gasteiger partial charge in [0.05, 0.1) is 12.8 Å². The number of fused-ring (bicyclic) bond motifs is 1. The molecule has 108 valence electrons. The lowest BCUT2D eigenvalue weighted by molar-refractivity contribution is 0.417. The van der Waals surface area contributed by atoms with Gasteiger partial charge < -0.3 is 26.3 Å². The fourth-order valence-electron chi connectivity index (χ4n) is 2.25. The molecule has 0 spiro atoms. The van der Waals surface area contributed by atoms with Crippen molar-refractivity contribution >= 4 is 22.8 Å². The number of nitrogens with two attached hydrogens (primary N) is 2. The third-order valence-electron chi connectivity index (χ3n) is 3.32. The van der Waals surface area contributed by atoms with Crippen LogP contribution in [-0.4, -0.2) is 13.7 Å². The number of hydrogen-bond donors (Lipinski definition) is 3. The minimum absolute atomic E-state index is 0.576. The van der Waals surface area contributed by atoms with Crippen molar-refractivity contribution in [3.63, 3.8) is 0 Å². The zero-order chi connectivity index (χ0) is 14.8. The first-order valence-electron chi connectivity index (χ1n) is 6.62. The van der Waals surface area contributed by atoms with Crippen LogP contribution >= 0.6 is 0 Å². The SMILES string of the molecule is COc1cc2c(cc1N)C(Oc1ccc(N)cc1)=CCN2. The van der Waals surface area contributed by atoms with Gasteiger partial charge in [0.1, 0.15) is 17.3 Å². The van der Waals surface area contributed by atoms with Crippen molar-refractivity contribution in [3.05, 3.63) is 48.0 Å². The Morgan fingerprint density at radius 2 is 1.86 bits per heavy atom. The number of anilines is 3. The second-order valence-corrected chi connectivity index (χ2v) is 4.76. The van der Waals surface area contributed by atoms with Gasteiger partial charge in [-0.3, -0.25) is 0 Å². The fourth-order valence-corrected chi connectivity index (χ4v) is 2.25. The van der Waals surface area contributed by atoms with Gasteiger partial charge in [-0.05, 0) is 36.4 Å². The van der Waals surface area contributed by atoms with E-state index in [1.54, 1.807) is 19.2 Å². The number of nitrogens with one attached hydrogen (secondary N) is 1. The third kappa shape index (κ3) is 2.58. The van der Waals surface area contributed by atoms with Gasteiger partial charge in [0.15, 0.2) is 0 Å². The summed E-state index contributed by atoms with van der Waals surface area (Å²) in [5, 5.41) is 3.28. The minimum Gasteiger partial charge on any atom is -0.495 e. The summed E-state index contributed by atoms with van der Waals surface area (Å²) in [6, 6.07) is 11.0. The Morgan fingerprint density at radius 1 is 1.10 bits per heavy atom. The molecule has 3 rings (SSSR count). The van der Waals surface area contributed by atoms with Gasteiger partial charge in [-0.2, -0.15) is 0 Å². The van der Waals surface area contributed by atoms with E-state index >= 15 is 0 Å². The maximum atomic E-state index is 5.98. The van der Waals surface area contributed by atoms with Gasteiger partial charge in [0, 0.05) is 29.5 Å². The Hall–Kier alpha value is -2.82. The Morgan fingerprint density at radius 3 is 2.57 bits per heavy atom. The standard InChI is InChI=1S/C16H17N3O2/c1-20-16-9-14-12(8-13(16)18)15(6-7-19-14)21-11-4-2-10(17)3-5-11/h2-6,8-9,19H,7,17-18H2,1H3. The van der Waals surface area contributed by atoms with Gasteiger partial charge in [0.25, 0.3) is 0 Å². The van der Waals surface area contributed by atoms with Gasteiger partial charge in [-0.15, -0.1) is 0 Å². The predicted molar refractivity (Wildman–Crippen MR) is 85.4 cm³/mol. The monoisotopic (exact) mass is 283 g/mol. The first kappa shape index (κ1) is 13.2. The number of hydrogen-bond acceptors (Lipinski definition) is 5. The van der Waals surface area contributed by atoms with Gasteiger partial charge in [0.2, 0.25) is 0 Å². The summed E-state index contributed by atoms with van der Waals surface area (Å²) in [6.45, 7) is 0.685. The van der Waals surface area contributed by atoms with Crippen molar-refractivity contribution in [1.29, 1.82) is 0 Å². The van der Waals surface area contributed by atoms with E-state index in [0.29, 0.717) is 23.7 Å². The second kappa shape index (κ2) is 5.28. The minimum atomic E-state index is 0.576. The summed E-state index contributed by atoms with van der Waals surface area (Å²) >= 11 is 0. The van der Waals surface area contributed by atoms with E-state index in [9.17, 15) is 0 Å². The number of nitrogen functional groups attached to an aromatic ring is 2. The van der Waals surface area contributed by atoms with E-state index in [1.807, 2.05) is 30.3 Å². The molecule has 2 aromatic rings. The van der Waals surface area contributed by atoms with Crippen LogP contribution in [0.25, 0.3) is 5.76 Å². The van der Waals surface area contributed by atoms with E-state index in [0.717, 1.165) is 22.8 Å². The van der Waals surface area contributed by atoms with Crippen molar-refractivity contribution in [2.75, 3.05) is 30.4 Å². The maximum Gasteiger partial charge on any atom is 0.143 e. The number of benzene rings is 2. The molecule has 1 aliphatic rings. The normalized spacial score (nSPS) is 12.9. The van der Waals surface area contributed by atoms with Crippen LogP contribution in [-0.2, 0) is 0 Å². The van der Waals surface area contributed by atoms with Gasteiger partial charge in [-0.1, -0.05) is 0 Å². The van der Waals surface area contributed by atoms with Crippen molar-refractivity contribution in [2.24, 2.45) is 0 Å². The summed E-state index contributed by atoms with van der Waals surface area (Å²) in [5.74, 6) is 2.15. The summed E-state index contributed by atoms with van der Waals surface area (Å²) in [5.41, 5.74) is 14.8. The number of ether oxygens (including phenoxy) is 2. The molecule has 1 heterocycles. The van der Waals surface area contributed by atoms with Crippen molar-refractivity contribution in [3.8, 4) is 11.5 Å². The molecule has 0 aromatic heterocycles. The van der Waals surface area contributed by atoms with Crippen LogP contribution in [0.2, 0.25) is 0 Å². The second-order valence-electron chi connectivity index (χ2n) is 4.76. The van der Waals surface area contributed by atoms with Crippen LogP contribution in [0.4, 0.5) is 17.1 Å². The molecule has 0 saturated carbocycles. The van der Waals surface area contributed by atoms with Crippen molar-refractivity contribution < 1.29 is 9.47 Å². The zero-order valence-corrected chi connectivity index (χ0v) is 11.7. The Bertz CT molecular complexity index is 693. The number of rotatable bonds is 3. The lowest BCUT2D eigenvalue weighted by Gasteiger charge is -2.21. The van der Waals surface area contributed by atoms with Crippen LogP contribution in [0.1, 0.15) is 5.56 Å². The maximum absolute atomic E-state index is 5.98. The molecule has 0 aliphatic carbocycles. The fraction of sp³-hybridized carbons (Fsp3) is 0.125. The third-order valence-corrected chi connectivity index (χ3v) is 3.32. The van der Waals surface area contributed by atoms with Crippen LogP contribution < -0.4 is 26.3 Å². The average molecular weight is 283 g/mol. The molecule has 1 aliphatic heterocycles. The molecule has 2 aromatic carbocycles. The van der Waals surface area contributed by atoms with E-state index in [2.05, 4.69) is 5.32 Å². The molecule has 0 atom stereocenters. The molecule has 0 fully saturated rings. The smallest absolute Gasteiger partial charge is 0.143 e. The zero-order valence-electron chi connectivity index (χ0n) is 11.7. The van der Waals surface area contributed by atoms with Crippen molar-refractivity contribution in [1.82, 2.24) is 0 Å². The summed E-state index contributed by atoms with van der Waals surface area (Å²) in [6.07, 6.45) is 1.98. The highest BCUT2D eigenvalue weighted by Gasteiger charge is 2.17. The lowest BCUT2D eigenvalue weighted by atomic mass is 10.1. The molecule has 0 unspecified atom stereocenters. The molecule has 5 heteroatoms. The molecule has 0 saturated heterocycles. The first-order valence-corrected chi connectivity index (χ1v) is 6.62. The largest absolute Gasteiger partial charge is 0.495 e. The van der Waals surface area contributed by atoms with Crippen LogP contribution in [0.3, 0.4) is 0 Å². The van der Waals surface area contributed by atoms with E-state index in [4.69, 9.17) is 20.9 Å². The van der Waals surface area contributed by atoms with Gasteiger partial charge in [-0.25, -0.2) is 0 Å². The lowest BCUT2D eigenvalue weighted by Crippen LogP contribution is -2.12. The van der Waals surface area contributed by atoms with Crippen LogP contribution in [0.15, 0.2) is 42.5 Å². The van der Waals surface area contributed by atoms with E-state index < -0.39 is 0 Å². The van der Waals surface area contributed by atoms with E-state index in [1.165, 1.54) is 0 Å². The van der Waals surface area contributed by atoms with Crippen LogP contribution in [0, 0.1) is 0 Å². The highest BCUT2D eigenvalue weighted by atomic mass is 16.5. The Kier molecular flexibility index (Phi) is 3.31. The predicted octanol–water partition coefficient (Wildman–Crippen LogP) is 2.71. The average Bonchev–Trinajstić information content (AvgIpc) is 2.49. The van der Waals surface area contributed by atoms with Crippen LogP contribution in [0.5, 0.6) is 11.5 Å². The summed E-state index contributed by atoms with van der Waals surface area (Å²) in [7, 11) is 1.60. The highest BCUT2D eigenvalue weighted by Crippen LogP contribution is 2.36. The van der Waals surface area contributed by atoms with E-state index in [-0.39, 0.29) is 0 Å². The Balaban J connectivity index is 1.93. The highest BCUT2D eigenvalue weighted by molar-refractivity contribution is 5.81. The quantitative estimate of drug-likeness (QED) is 0.754. The molecule has 5 N–H and O–H groups in total. The number of methoxy groups -OCH3 is 1. The molecule has 5 nitrogen and oxygen atoms in total. The molecule has 0 bridgehead atoms. The van der Waals surface area contributed by atoms with Gasteiger partial charge >= 0.3 is 0 Å². The molecule has 0 amide bonds.